The lowest BCUT2D eigenvalue weighted by molar-refractivity contribution is -0.145. The predicted octanol–water partition coefficient (Wildman–Crippen LogP) is 3.74. The number of hydrogen-bond acceptors (Lipinski definition) is 5. The van der Waals surface area contributed by atoms with Crippen molar-refractivity contribution in [1.82, 2.24) is 5.32 Å². The van der Waals surface area contributed by atoms with Crippen LogP contribution < -0.4 is 5.32 Å². The highest BCUT2D eigenvalue weighted by Crippen LogP contribution is 2.34. The molecule has 1 amide bonds. The summed E-state index contributed by atoms with van der Waals surface area (Å²) in [5.74, 6) is -0.789. The molecular weight excluding hydrogens is 413 g/mol. The molecule has 1 saturated heterocycles. The van der Waals surface area contributed by atoms with Crippen molar-refractivity contribution in [3.05, 3.63) is 63.6 Å². The number of hydrogen-bond donors (Lipinski definition) is 1. The molecule has 0 aromatic heterocycles. The molecule has 6 nitrogen and oxygen atoms in total. The highest BCUT2D eigenvalue weighted by molar-refractivity contribution is 6.36. The van der Waals surface area contributed by atoms with Crippen molar-refractivity contribution >= 4 is 52.2 Å². The minimum absolute atomic E-state index is 0.0994. The Morgan fingerprint density at radius 1 is 1.17 bits per heavy atom. The Bertz CT molecular complexity index is 1080. The molecule has 2 aliphatic heterocycles. The second-order valence-electron chi connectivity index (χ2n) is 6.81. The van der Waals surface area contributed by atoms with Crippen LogP contribution in [0.4, 0.5) is 5.69 Å². The average molecular weight is 430 g/mol. The van der Waals surface area contributed by atoms with E-state index in [1.165, 1.54) is 7.11 Å². The molecule has 1 atom stereocenters. The van der Waals surface area contributed by atoms with Gasteiger partial charge in [0.2, 0.25) is 5.91 Å². The summed E-state index contributed by atoms with van der Waals surface area (Å²) in [5, 5.41) is 3.82. The number of amides is 1. The second-order valence-corrected chi connectivity index (χ2v) is 7.65. The van der Waals surface area contributed by atoms with E-state index >= 15 is 0 Å². The summed E-state index contributed by atoms with van der Waals surface area (Å²) in [6, 6.07) is 12.6. The van der Waals surface area contributed by atoms with Crippen molar-refractivity contribution in [2.24, 2.45) is 9.98 Å². The van der Waals surface area contributed by atoms with Crippen LogP contribution in [0.25, 0.3) is 0 Å². The van der Waals surface area contributed by atoms with E-state index in [-0.39, 0.29) is 25.3 Å². The highest BCUT2D eigenvalue weighted by atomic mass is 35.5. The zero-order valence-electron chi connectivity index (χ0n) is 15.5. The fourth-order valence-electron chi connectivity index (χ4n) is 3.65. The first-order chi connectivity index (χ1) is 13.9. The molecular formula is C21H17Cl2N3O3. The molecule has 0 spiro atoms. The molecule has 2 aromatic carbocycles. The third-order valence-corrected chi connectivity index (χ3v) is 5.66. The Kier molecular flexibility index (Phi) is 5.15. The zero-order chi connectivity index (χ0) is 20.6. The van der Waals surface area contributed by atoms with Gasteiger partial charge in [0.1, 0.15) is 0 Å². The van der Waals surface area contributed by atoms with Crippen LogP contribution in [0.1, 0.15) is 24.0 Å². The van der Waals surface area contributed by atoms with Crippen molar-refractivity contribution in [2.75, 3.05) is 13.7 Å². The van der Waals surface area contributed by atoms with Crippen LogP contribution in [-0.2, 0) is 14.3 Å². The number of nitrogens with zero attached hydrogens (tertiary/aromatic N) is 2. The van der Waals surface area contributed by atoms with E-state index in [9.17, 15) is 9.59 Å². The molecule has 2 aromatic rings. The fourth-order valence-corrected chi connectivity index (χ4v) is 4.05. The Hall–Kier alpha value is -2.70. The van der Waals surface area contributed by atoms with Gasteiger partial charge in [0.15, 0.2) is 5.54 Å². The molecule has 2 aliphatic rings. The van der Waals surface area contributed by atoms with Gasteiger partial charge in [-0.2, -0.15) is 0 Å². The Labute approximate surface area is 177 Å². The lowest BCUT2D eigenvalue weighted by atomic mass is 9.91. The normalized spacial score (nSPS) is 20.9. The lowest BCUT2D eigenvalue weighted by Crippen LogP contribution is -2.56. The van der Waals surface area contributed by atoms with Crippen LogP contribution in [0.5, 0.6) is 0 Å². The molecule has 4 rings (SSSR count). The van der Waals surface area contributed by atoms with Crippen LogP contribution in [-0.4, -0.2) is 42.5 Å². The highest BCUT2D eigenvalue weighted by Gasteiger charge is 2.50. The van der Waals surface area contributed by atoms with Gasteiger partial charge in [-0.25, -0.2) is 4.79 Å². The van der Waals surface area contributed by atoms with Gasteiger partial charge in [-0.05, 0) is 30.7 Å². The third kappa shape index (κ3) is 3.43. The molecule has 1 N–H and O–H groups in total. The number of halogens is 2. The quantitative estimate of drug-likeness (QED) is 0.754. The maximum absolute atomic E-state index is 12.7. The van der Waals surface area contributed by atoms with Crippen LogP contribution in [0.2, 0.25) is 10.0 Å². The molecule has 0 bridgehead atoms. The van der Waals surface area contributed by atoms with E-state index in [1.807, 2.05) is 18.2 Å². The van der Waals surface area contributed by atoms with Gasteiger partial charge in [-0.1, -0.05) is 41.4 Å². The summed E-state index contributed by atoms with van der Waals surface area (Å²) < 4.78 is 4.99. The van der Waals surface area contributed by atoms with Gasteiger partial charge in [0.25, 0.3) is 0 Å². The second kappa shape index (κ2) is 7.61. The number of benzene rings is 2. The first-order valence-electron chi connectivity index (χ1n) is 9.01. The fraction of sp³-hybridized carbons (Fsp3) is 0.238. The van der Waals surface area contributed by atoms with E-state index < -0.39 is 11.5 Å². The topological polar surface area (TPSA) is 80.1 Å². The molecule has 8 heteroatoms. The Morgan fingerprint density at radius 3 is 2.66 bits per heavy atom. The first kappa shape index (κ1) is 19.6. The van der Waals surface area contributed by atoms with Gasteiger partial charge >= 0.3 is 5.97 Å². The number of carbonyl (C=O) groups excluding carboxylic acids is 2. The van der Waals surface area contributed by atoms with Crippen LogP contribution in [0.3, 0.4) is 0 Å². The molecule has 148 valence electrons. The van der Waals surface area contributed by atoms with Crippen molar-refractivity contribution in [1.29, 1.82) is 0 Å². The van der Waals surface area contributed by atoms with Crippen LogP contribution in [0, 0.1) is 0 Å². The molecule has 0 radical (unpaired) electrons. The summed E-state index contributed by atoms with van der Waals surface area (Å²) in [4.78, 5) is 34.1. The summed E-state index contributed by atoms with van der Waals surface area (Å²) >= 11 is 12.7. The van der Waals surface area contributed by atoms with Crippen molar-refractivity contribution in [3.8, 4) is 0 Å². The van der Waals surface area contributed by atoms with Crippen molar-refractivity contribution in [3.63, 3.8) is 0 Å². The van der Waals surface area contributed by atoms with Crippen LogP contribution in [0.15, 0.2) is 52.4 Å². The summed E-state index contributed by atoms with van der Waals surface area (Å²) in [7, 11) is 1.29. The van der Waals surface area contributed by atoms with E-state index in [4.69, 9.17) is 37.9 Å². The maximum Gasteiger partial charge on any atom is 0.337 e. The molecule has 0 unspecified atom stereocenters. The Balaban J connectivity index is 1.90. The number of rotatable bonds is 3. The molecule has 2 heterocycles. The van der Waals surface area contributed by atoms with E-state index in [2.05, 4.69) is 5.32 Å². The predicted molar refractivity (Wildman–Crippen MR) is 113 cm³/mol. The van der Waals surface area contributed by atoms with Gasteiger partial charge in [0, 0.05) is 27.6 Å². The van der Waals surface area contributed by atoms with Gasteiger partial charge in [0.05, 0.1) is 30.8 Å². The number of nitrogens with one attached hydrogen (secondary N) is 1. The zero-order valence-corrected chi connectivity index (χ0v) is 17.0. The third-order valence-electron chi connectivity index (χ3n) is 5.09. The molecule has 1 fully saturated rings. The monoisotopic (exact) mass is 429 g/mol. The number of ether oxygens (including phenoxy) is 1. The minimum Gasteiger partial charge on any atom is -0.467 e. The molecule has 0 saturated carbocycles. The number of methoxy groups -OCH3 is 1. The van der Waals surface area contributed by atoms with Crippen molar-refractivity contribution in [2.45, 2.75) is 18.4 Å². The Morgan fingerprint density at radius 2 is 1.97 bits per heavy atom. The number of esters is 1. The van der Waals surface area contributed by atoms with Crippen LogP contribution >= 0.6 is 23.2 Å². The smallest absolute Gasteiger partial charge is 0.337 e. The van der Waals surface area contributed by atoms with Crippen molar-refractivity contribution < 1.29 is 14.3 Å². The standard InChI is InChI=1S/C21H17Cl2N3O3/c1-29-20(28)21(9-8-18(27)26-21)17-11-24-19(13-4-2-3-5-15(13)23)14-10-12(22)6-7-16(14)25-17/h2-7,10H,8-9,11H2,1H3,(H,26,27)/t21-/m1/s1. The molecule has 0 aliphatic carbocycles. The van der Waals surface area contributed by atoms with Gasteiger partial charge < -0.3 is 10.1 Å². The summed E-state index contributed by atoms with van der Waals surface area (Å²) in [6.45, 7) is 0.0994. The number of aliphatic imine (C=N–C) groups is 2. The average Bonchev–Trinajstić information content (AvgIpc) is 3.01. The first-order valence-corrected chi connectivity index (χ1v) is 9.77. The molecule has 29 heavy (non-hydrogen) atoms. The summed E-state index contributed by atoms with van der Waals surface area (Å²) in [5.41, 5.74) is 1.73. The number of fused-ring (bicyclic) bond motifs is 1. The number of carbonyl (C=O) groups is 2. The lowest BCUT2D eigenvalue weighted by Gasteiger charge is -2.26. The largest absolute Gasteiger partial charge is 0.467 e. The summed E-state index contributed by atoms with van der Waals surface area (Å²) in [6.07, 6.45) is 0.472. The van der Waals surface area contributed by atoms with E-state index in [1.54, 1.807) is 24.3 Å². The minimum atomic E-state index is -1.33. The van der Waals surface area contributed by atoms with Gasteiger partial charge in [-0.3, -0.25) is 14.8 Å². The van der Waals surface area contributed by atoms with E-state index in [0.717, 1.165) is 5.56 Å². The van der Waals surface area contributed by atoms with Gasteiger partial charge in [-0.15, -0.1) is 0 Å². The maximum atomic E-state index is 12.7. The van der Waals surface area contributed by atoms with E-state index in [0.29, 0.717) is 32.7 Å². The SMILES string of the molecule is COC(=O)[C@]1(C2=Nc3ccc(Cl)cc3C(c3ccccc3Cl)=NC2)CCC(=O)N1.